The second-order valence-electron chi connectivity index (χ2n) is 7.18. The van der Waals surface area contributed by atoms with Gasteiger partial charge in [-0.15, -0.1) is 0 Å². The number of hydrogen-bond donors (Lipinski definition) is 2. The predicted molar refractivity (Wildman–Crippen MR) is 125 cm³/mol. The Morgan fingerprint density at radius 2 is 1.81 bits per heavy atom. The number of benzene rings is 2. The first-order valence-electron chi connectivity index (χ1n) is 10.0. The van der Waals surface area contributed by atoms with Crippen LogP contribution in [0.4, 0.5) is 5.69 Å². The van der Waals surface area contributed by atoms with Crippen LogP contribution in [0.5, 0.6) is 0 Å². The molecule has 0 saturated carbocycles. The van der Waals surface area contributed by atoms with E-state index in [1.807, 2.05) is 6.92 Å². The third-order valence-electron chi connectivity index (χ3n) is 4.82. The van der Waals surface area contributed by atoms with Crippen molar-refractivity contribution in [2.45, 2.75) is 26.3 Å². The highest BCUT2D eigenvalue weighted by Gasteiger charge is 2.18. The fourth-order valence-electron chi connectivity index (χ4n) is 3.29. The van der Waals surface area contributed by atoms with Crippen LogP contribution in [0.15, 0.2) is 52.1 Å². The standard InChI is InChI=1S/C22H22Cl2N4O4/c1-2-10-27(13-19(29)25-18-8-7-14(23)12-17(18)24)20(30)9-11-28-22(32)16-6-4-3-5-15(16)21(31)26-28/h3-8,12H,2,9-11,13H2,1H3,(H,25,29)(H,26,31). The smallest absolute Gasteiger partial charge is 0.273 e. The summed E-state index contributed by atoms with van der Waals surface area (Å²) in [6.07, 6.45) is 0.594. The van der Waals surface area contributed by atoms with Crippen LogP contribution in [-0.2, 0) is 16.1 Å². The summed E-state index contributed by atoms with van der Waals surface area (Å²) in [5.41, 5.74) is -0.396. The summed E-state index contributed by atoms with van der Waals surface area (Å²) in [5.74, 6) is -0.725. The number of fused-ring (bicyclic) bond motifs is 1. The van der Waals surface area contributed by atoms with Gasteiger partial charge in [-0.2, -0.15) is 0 Å². The van der Waals surface area contributed by atoms with Crippen molar-refractivity contribution in [2.75, 3.05) is 18.4 Å². The van der Waals surface area contributed by atoms with E-state index in [0.717, 1.165) is 4.68 Å². The maximum absolute atomic E-state index is 12.8. The first-order valence-corrected chi connectivity index (χ1v) is 10.8. The topological polar surface area (TPSA) is 104 Å². The second kappa shape index (κ2) is 10.5. The van der Waals surface area contributed by atoms with E-state index in [0.29, 0.717) is 34.1 Å². The molecule has 3 rings (SSSR count). The molecule has 0 saturated heterocycles. The number of rotatable bonds is 8. The fraction of sp³-hybridized carbons (Fsp3) is 0.273. The largest absolute Gasteiger partial charge is 0.333 e. The highest BCUT2D eigenvalue weighted by molar-refractivity contribution is 6.36. The molecule has 0 aliphatic heterocycles. The first kappa shape index (κ1) is 23.6. The van der Waals surface area contributed by atoms with E-state index in [4.69, 9.17) is 23.2 Å². The number of hydrogen-bond acceptors (Lipinski definition) is 4. The van der Waals surface area contributed by atoms with E-state index in [9.17, 15) is 19.2 Å². The van der Waals surface area contributed by atoms with Crippen molar-refractivity contribution < 1.29 is 9.59 Å². The van der Waals surface area contributed by atoms with Crippen LogP contribution in [0.2, 0.25) is 10.0 Å². The monoisotopic (exact) mass is 476 g/mol. The predicted octanol–water partition coefficient (Wildman–Crippen LogP) is 3.26. The zero-order valence-corrected chi connectivity index (χ0v) is 18.9. The van der Waals surface area contributed by atoms with Crippen molar-refractivity contribution in [3.63, 3.8) is 0 Å². The quantitative estimate of drug-likeness (QED) is 0.520. The van der Waals surface area contributed by atoms with Crippen molar-refractivity contribution in [2.24, 2.45) is 0 Å². The number of aromatic nitrogens is 2. The van der Waals surface area contributed by atoms with Gasteiger partial charge in [-0.25, -0.2) is 4.68 Å². The van der Waals surface area contributed by atoms with E-state index < -0.39 is 11.5 Å². The van der Waals surface area contributed by atoms with Crippen LogP contribution in [-0.4, -0.2) is 39.6 Å². The van der Waals surface area contributed by atoms with E-state index in [1.54, 1.807) is 36.4 Å². The average molecular weight is 477 g/mol. The van der Waals surface area contributed by atoms with Crippen molar-refractivity contribution in [3.05, 3.63) is 73.2 Å². The van der Waals surface area contributed by atoms with Crippen LogP contribution in [0.3, 0.4) is 0 Å². The third kappa shape index (κ3) is 5.57. The summed E-state index contributed by atoms with van der Waals surface area (Å²) in [6.45, 7) is 2.07. The van der Waals surface area contributed by atoms with Gasteiger partial charge in [0.05, 0.1) is 34.6 Å². The molecule has 0 aliphatic carbocycles. The molecule has 8 nitrogen and oxygen atoms in total. The molecule has 10 heteroatoms. The number of H-pyrrole nitrogens is 1. The highest BCUT2D eigenvalue weighted by Crippen LogP contribution is 2.25. The molecule has 168 valence electrons. The summed E-state index contributed by atoms with van der Waals surface area (Å²) >= 11 is 11.9. The summed E-state index contributed by atoms with van der Waals surface area (Å²) in [4.78, 5) is 51.5. The maximum Gasteiger partial charge on any atom is 0.273 e. The number of carbonyl (C=O) groups excluding carboxylic acids is 2. The van der Waals surface area contributed by atoms with Gasteiger partial charge in [-0.05, 0) is 36.8 Å². The molecule has 0 fully saturated rings. The molecule has 2 N–H and O–H groups in total. The van der Waals surface area contributed by atoms with Crippen molar-refractivity contribution in [1.29, 1.82) is 0 Å². The number of anilines is 1. The number of carbonyl (C=O) groups is 2. The van der Waals surface area contributed by atoms with Crippen LogP contribution in [0.1, 0.15) is 19.8 Å². The molecule has 0 spiro atoms. The molecule has 0 aliphatic rings. The van der Waals surface area contributed by atoms with Gasteiger partial charge in [0.1, 0.15) is 0 Å². The lowest BCUT2D eigenvalue weighted by Gasteiger charge is -2.22. The molecule has 0 atom stereocenters. The Morgan fingerprint density at radius 1 is 1.09 bits per heavy atom. The van der Waals surface area contributed by atoms with E-state index in [2.05, 4.69) is 10.4 Å². The van der Waals surface area contributed by atoms with Crippen molar-refractivity contribution in [3.8, 4) is 0 Å². The molecule has 32 heavy (non-hydrogen) atoms. The zero-order chi connectivity index (χ0) is 23.3. The Balaban J connectivity index is 1.68. The Morgan fingerprint density at radius 3 is 2.50 bits per heavy atom. The van der Waals surface area contributed by atoms with Gasteiger partial charge in [0.25, 0.3) is 11.1 Å². The number of nitrogens with one attached hydrogen (secondary N) is 2. The van der Waals surface area contributed by atoms with Gasteiger partial charge in [0.2, 0.25) is 11.8 Å². The van der Waals surface area contributed by atoms with E-state index in [1.165, 1.54) is 11.0 Å². The molecule has 1 heterocycles. The molecular formula is C22H22Cl2N4O4. The molecule has 1 aromatic heterocycles. The highest BCUT2D eigenvalue weighted by atomic mass is 35.5. The van der Waals surface area contributed by atoms with Crippen LogP contribution in [0.25, 0.3) is 10.8 Å². The Labute approximate surface area is 193 Å². The lowest BCUT2D eigenvalue weighted by atomic mass is 10.2. The van der Waals surface area contributed by atoms with E-state index in [-0.39, 0.29) is 36.4 Å². The number of nitrogens with zero attached hydrogens (tertiary/aromatic N) is 2. The van der Waals surface area contributed by atoms with Gasteiger partial charge in [-0.3, -0.25) is 24.3 Å². The normalized spacial score (nSPS) is 10.8. The van der Waals surface area contributed by atoms with Gasteiger partial charge in [-0.1, -0.05) is 42.3 Å². The van der Waals surface area contributed by atoms with Gasteiger partial charge in [0.15, 0.2) is 0 Å². The third-order valence-corrected chi connectivity index (χ3v) is 5.37. The van der Waals surface area contributed by atoms with Gasteiger partial charge in [0, 0.05) is 18.0 Å². The molecule has 0 unspecified atom stereocenters. The molecule has 0 radical (unpaired) electrons. The van der Waals surface area contributed by atoms with Crippen molar-refractivity contribution >= 4 is 51.5 Å². The first-order chi connectivity index (χ1) is 15.3. The minimum Gasteiger partial charge on any atom is -0.333 e. The number of amides is 2. The molecule has 2 amide bonds. The Bertz CT molecular complexity index is 1270. The summed E-state index contributed by atoms with van der Waals surface area (Å²) in [6, 6.07) is 11.2. The fourth-order valence-corrected chi connectivity index (χ4v) is 3.74. The molecular weight excluding hydrogens is 455 g/mol. The van der Waals surface area contributed by atoms with Gasteiger partial charge < -0.3 is 10.2 Å². The van der Waals surface area contributed by atoms with Crippen molar-refractivity contribution in [1.82, 2.24) is 14.7 Å². The molecule has 3 aromatic rings. The summed E-state index contributed by atoms with van der Waals surface area (Å²) < 4.78 is 1.13. The zero-order valence-electron chi connectivity index (χ0n) is 17.4. The Kier molecular flexibility index (Phi) is 7.71. The van der Waals surface area contributed by atoms with Crippen LogP contribution < -0.4 is 16.4 Å². The minimum absolute atomic E-state index is 0.0113. The Hall–Kier alpha value is -3.10. The lowest BCUT2D eigenvalue weighted by Crippen LogP contribution is -2.39. The minimum atomic E-state index is -0.410. The summed E-state index contributed by atoms with van der Waals surface area (Å²) in [5, 5.41) is 6.48. The van der Waals surface area contributed by atoms with Crippen LogP contribution in [0, 0.1) is 0 Å². The molecule has 2 aromatic carbocycles. The maximum atomic E-state index is 12.8. The lowest BCUT2D eigenvalue weighted by molar-refractivity contribution is -0.135. The molecule has 0 bridgehead atoms. The average Bonchev–Trinajstić information content (AvgIpc) is 2.76. The number of aryl methyl sites for hydroxylation is 1. The second-order valence-corrected chi connectivity index (χ2v) is 8.02. The van der Waals surface area contributed by atoms with E-state index >= 15 is 0 Å². The summed E-state index contributed by atoms with van der Waals surface area (Å²) in [7, 11) is 0. The van der Waals surface area contributed by atoms with Gasteiger partial charge >= 0.3 is 0 Å². The van der Waals surface area contributed by atoms with Crippen LogP contribution >= 0.6 is 23.2 Å². The SMILES string of the molecule is CCCN(CC(=O)Nc1ccc(Cl)cc1Cl)C(=O)CCn1[nH]c(=O)c2ccccc2c1=O. The number of halogens is 2. The number of aromatic amines is 1.